The molecule has 0 bridgehead atoms. The van der Waals surface area contributed by atoms with Crippen LogP contribution in [-0.2, 0) is 7.05 Å². The molecule has 94 valence electrons. The fourth-order valence-electron chi connectivity index (χ4n) is 2.77. The summed E-state index contributed by atoms with van der Waals surface area (Å²) in [7, 11) is 3.92. The molecule has 2 heterocycles. The van der Waals surface area contributed by atoms with Crippen molar-refractivity contribution in [2.75, 3.05) is 13.6 Å². The summed E-state index contributed by atoms with van der Waals surface area (Å²) in [4.78, 5) is 19.3. The summed E-state index contributed by atoms with van der Waals surface area (Å²) in [6.45, 7) is 1.08. The molecule has 1 aliphatic heterocycles. The largest absolute Gasteiger partial charge is 0.298 e. The third-order valence-electron chi connectivity index (χ3n) is 3.84. The van der Waals surface area contributed by atoms with E-state index in [1.165, 1.54) is 6.42 Å². The Kier molecular flexibility index (Phi) is 2.67. The predicted molar refractivity (Wildman–Crippen MR) is 71.6 cm³/mol. The first-order chi connectivity index (χ1) is 8.68. The molecule has 0 saturated carbocycles. The van der Waals surface area contributed by atoms with E-state index in [9.17, 15) is 4.79 Å². The molecule has 1 atom stereocenters. The number of likely N-dealkylation sites (tertiary alicyclic amines) is 1. The lowest BCUT2D eigenvalue weighted by molar-refractivity contribution is 0.298. The quantitative estimate of drug-likeness (QED) is 0.765. The third kappa shape index (κ3) is 1.64. The summed E-state index contributed by atoms with van der Waals surface area (Å²) in [5, 5.41) is 0.699. The van der Waals surface area contributed by atoms with Gasteiger partial charge in [-0.1, -0.05) is 12.1 Å². The van der Waals surface area contributed by atoms with E-state index in [1.54, 1.807) is 4.57 Å². The Morgan fingerprint density at radius 1 is 1.28 bits per heavy atom. The van der Waals surface area contributed by atoms with Gasteiger partial charge in [-0.25, -0.2) is 4.98 Å². The molecular formula is C14H17N3O. The van der Waals surface area contributed by atoms with Crippen LogP contribution >= 0.6 is 0 Å². The van der Waals surface area contributed by atoms with Gasteiger partial charge in [-0.05, 0) is 38.6 Å². The highest BCUT2D eigenvalue weighted by atomic mass is 16.1. The molecule has 4 nitrogen and oxygen atoms in total. The number of hydrogen-bond acceptors (Lipinski definition) is 3. The summed E-state index contributed by atoms with van der Waals surface area (Å²) in [5.41, 5.74) is 0.854. The van der Waals surface area contributed by atoms with Gasteiger partial charge in [0.2, 0.25) is 0 Å². The van der Waals surface area contributed by atoms with Gasteiger partial charge in [-0.2, -0.15) is 0 Å². The van der Waals surface area contributed by atoms with Crippen molar-refractivity contribution >= 4 is 10.9 Å². The number of para-hydroxylation sites is 1. The Bertz CT molecular complexity index is 647. The molecule has 3 rings (SSSR count). The van der Waals surface area contributed by atoms with Crippen LogP contribution in [0.4, 0.5) is 0 Å². The minimum absolute atomic E-state index is 0.0518. The molecule has 1 aromatic carbocycles. The van der Waals surface area contributed by atoms with Crippen LogP contribution in [0.15, 0.2) is 29.1 Å². The van der Waals surface area contributed by atoms with Crippen LogP contribution in [0.1, 0.15) is 24.7 Å². The van der Waals surface area contributed by atoms with Gasteiger partial charge in [0.1, 0.15) is 5.82 Å². The zero-order valence-electron chi connectivity index (χ0n) is 10.8. The first-order valence-corrected chi connectivity index (χ1v) is 6.34. The summed E-state index contributed by atoms with van der Waals surface area (Å²) in [5.74, 6) is 0.888. The molecule has 0 amide bonds. The van der Waals surface area contributed by atoms with Gasteiger partial charge in [0.05, 0.1) is 16.9 Å². The van der Waals surface area contributed by atoms with Crippen LogP contribution in [0.5, 0.6) is 0 Å². The Morgan fingerprint density at radius 2 is 2.06 bits per heavy atom. The van der Waals surface area contributed by atoms with Crippen LogP contribution in [0.25, 0.3) is 10.9 Å². The van der Waals surface area contributed by atoms with Gasteiger partial charge in [-0.3, -0.25) is 14.3 Å². The molecule has 4 heteroatoms. The topological polar surface area (TPSA) is 38.1 Å². The second-order valence-corrected chi connectivity index (χ2v) is 4.99. The molecule has 1 saturated heterocycles. The van der Waals surface area contributed by atoms with E-state index in [0.717, 1.165) is 24.3 Å². The lowest BCUT2D eigenvalue weighted by Gasteiger charge is -2.21. The van der Waals surface area contributed by atoms with E-state index in [1.807, 2.05) is 31.3 Å². The van der Waals surface area contributed by atoms with E-state index in [2.05, 4.69) is 16.9 Å². The van der Waals surface area contributed by atoms with Gasteiger partial charge in [0.25, 0.3) is 5.56 Å². The second-order valence-electron chi connectivity index (χ2n) is 4.99. The van der Waals surface area contributed by atoms with Gasteiger partial charge in [0, 0.05) is 7.05 Å². The Labute approximate surface area is 106 Å². The van der Waals surface area contributed by atoms with Crippen molar-refractivity contribution in [2.24, 2.45) is 7.05 Å². The van der Waals surface area contributed by atoms with Crippen molar-refractivity contribution in [3.8, 4) is 0 Å². The number of nitrogens with zero attached hydrogens (tertiary/aromatic N) is 3. The van der Waals surface area contributed by atoms with Crippen LogP contribution in [0.3, 0.4) is 0 Å². The SMILES string of the molecule is CN1CCCC1c1nc2ccccc2c(=O)n1C. The van der Waals surface area contributed by atoms with Crippen molar-refractivity contribution in [3.05, 3.63) is 40.4 Å². The zero-order chi connectivity index (χ0) is 12.7. The molecule has 18 heavy (non-hydrogen) atoms. The Balaban J connectivity index is 2.24. The molecule has 0 spiro atoms. The van der Waals surface area contributed by atoms with Crippen molar-refractivity contribution < 1.29 is 0 Å². The first kappa shape index (κ1) is 11.4. The number of hydrogen-bond donors (Lipinski definition) is 0. The maximum Gasteiger partial charge on any atom is 0.261 e. The summed E-state index contributed by atoms with van der Waals surface area (Å²) < 4.78 is 1.70. The normalized spacial score (nSPS) is 20.7. The van der Waals surface area contributed by atoms with Crippen LogP contribution in [0.2, 0.25) is 0 Å². The van der Waals surface area contributed by atoms with Gasteiger partial charge < -0.3 is 0 Å². The van der Waals surface area contributed by atoms with E-state index >= 15 is 0 Å². The monoisotopic (exact) mass is 243 g/mol. The minimum Gasteiger partial charge on any atom is -0.298 e. The maximum absolute atomic E-state index is 12.3. The second kappa shape index (κ2) is 4.21. The highest BCUT2D eigenvalue weighted by Gasteiger charge is 2.26. The standard InChI is InChI=1S/C14H17N3O/c1-16-9-5-8-12(16)13-15-11-7-4-3-6-10(11)14(18)17(13)2/h3-4,6-7,12H,5,8-9H2,1-2H3. The molecule has 1 fully saturated rings. The fourth-order valence-corrected chi connectivity index (χ4v) is 2.77. The lowest BCUT2D eigenvalue weighted by atomic mass is 10.2. The molecular weight excluding hydrogens is 226 g/mol. The van der Waals surface area contributed by atoms with E-state index < -0.39 is 0 Å². The molecule has 1 unspecified atom stereocenters. The number of rotatable bonds is 1. The Hall–Kier alpha value is -1.68. The summed E-state index contributed by atoms with van der Waals surface area (Å²) in [6, 6.07) is 7.83. The van der Waals surface area contributed by atoms with Crippen LogP contribution in [-0.4, -0.2) is 28.0 Å². The fraction of sp³-hybridized carbons (Fsp3) is 0.429. The zero-order valence-corrected chi connectivity index (χ0v) is 10.8. The molecule has 0 N–H and O–H groups in total. The molecule has 1 aliphatic rings. The highest BCUT2D eigenvalue weighted by molar-refractivity contribution is 5.77. The molecule has 0 radical (unpaired) electrons. The summed E-state index contributed by atoms with van der Waals surface area (Å²) >= 11 is 0. The number of fused-ring (bicyclic) bond motifs is 1. The smallest absolute Gasteiger partial charge is 0.261 e. The van der Waals surface area contributed by atoms with E-state index in [-0.39, 0.29) is 11.6 Å². The van der Waals surface area contributed by atoms with Gasteiger partial charge >= 0.3 is 0 Å². The minimum atomic E-state index is 0.0518. The maximum atomic E-state index is 12.3. The molecule has 0 aliphatic carbocycles. The summed E-state index contributed by atoms with van der Waals surface area (Å²) in [6.07, 6.45) is 2.25. The van der Waals surface area contributed by atoms with Gasteiger partial charge in [0.15, 0.2) is 0 Å². The van der Waals surface area contributed by atoms with Crippen LogP contribution in [0, 0.1) is 0 Å². The average Bonchev–Trinajstić information content (AvgIpc) is 2.80. The Morgan fingerprint density at radius 3 is 2.78 bits per heavy atom. The highest BCUT2D eigenvalue weighted by Crippen LogP contribution is 2.28. The number of benzene rings is 1. The van der Waals surface area contributed by atoms with Crippen LogP contribution < -0.4 is 5.56 Å². The molecule has 2 aromatic rings. The number of aromatic nitrogens is 2. The lowest BCUT2D eigenvalue weighted by Crippen LogP contribution is -2.28. The molecule has 1 aromatic heterocycles. The first-order valence-electron chi connectivity index (χ1n) is 6.34. The van der Waals surface area contributed by atoms with E-state index in [0.29, 0.717) is 5.39 Å². The van der Waals surface area contributed by atoms with Crippen molar-refractivity contribution in [1.82, 2.24) is 14.5 Å². The van der Waals surface area contributed by atoms with Gasteiger partial charge in [-0.15, -0.1) is 0 Å². The van der Waals surface area contributed by atoms with Crippen molar-refractivity contribution in [1.29, 1.82) is 0 Å². The third-order valence-corrected chi connectivity index (χ3v) is 3.84. The van der Waals surface area contributed by atoms with E-state index in [4.69, 9.17) is 0 Å². The predicted octanol–water partition coefficient (Wildman–Crippen LogP) is 1.70. The van der Waals surface area contributed by atoms with Crippen molar-refractivity contribution in [3.63, 3.8) is 0 Å². The van der Waals surface area contributed by atoms with Crippen molar-refractivity contribution in [2.45, 2.75) is 18.9 Å². The average molecular weight is 243 g/mol.